The van der Waals surface area contributed by atoms with Crippen LogP contribution in [0.3, 0.4) is 0 Å². The summed E-state index contributed by atoms with van der Waals surface area (Å²) >= 11 is 5.46. The van der Waals surface area contributed by atoms with Crippen molar-refractivity contribution in [2.75, 3.05) is 19.0 Å². The fraction of sp³-hybridized carbons (Fsp3) is 0.500. The van der Waals surface area contributed by atoms with Crippen molar-refractivity contribution in [2.45, 2.75) is 6.61 Å². The van der Waals surface area contributed by atoms with E-state index in [9.17, 15) is 8.78 Å². The largest absolute Gasteiger partial charge is 0.401 e. The fourth-order valence-electron chi connectivity index (χ4n) is 0.654. The van der Waals surface area contributed by atoms with Crippen molar-refractivity contribution >= 4 is 17.5 Å². The van der Waals surface area contributed by atoms with Gasteiger partial charge in [0.25, 0.3) is 0 Å². The number of rotatable bonds is 3. The van der Waals surface area contributed by atoms with Crippen LogP contribution in [-0.2, 0) is 0 Å². The van der Waals surface area contributed by atoms with Crippen molar-refractivity contribution < 1.29 is 13.5 Å². The van der Waals surface area contributed by atoms with Gasteiger partial charge in [-0.05, 0) is 11.6 Å². The van der Waals surface area contributed by atoms with Crippen LogP contribution >= 0.6 is 11.6 Å². The Morgan fingerprint density at radius 3 is 2.43 bits per heavy atom. The Hall–Kier alpha value is -1.24. The molecule has 14 heavy (non-hydrogen) atoms. The predicted molar refractivity (Wildman–Crippen MR) is 45.8 cm³/mol. The van der Waals surface area contributed by atoms with Crippen LogP contribution in [0.5, 0.6) is 6.01 Å². The lowest BCUT2D eigenvalue weighted by Crippen LogP contribution is -2.15. The molecule has 5 nitrogen and oxygen atoms in total. The fourth-order valence-corrected chi connectivity index (χ4v) is 0.802. The second-order valence-corrected chi connectivity index (χ2v) is 2.80. The average molecular weight is 225 g/mol. The molecule has 0 aromatic carbocycles. The highest BCUT2D eigenvalue weighted by molar-refractivity contribution is 6.28. The lowest BCUT2D eigenvalue weighted by Gasteiger charge is -2.10. The molecule has 0 aliphatic carbocycles. The van der Waals surface area contributed by atoms with Gasteiger partial charge in [0.1, 0.15) is 0 Å². The Morgan fingerprint density at radius 2 is 1.93 bits per heavy atom. The quantitative estimate of drug-likeness (QED) is 0.772. The number of nitrogens with zero attached hydrogens (tertiary/aromatic N) is 4. The van der Waals surface area contributed by atoms with E-state index in [2.05, 4.69) is 19.7 Å². The molecule has 78 valence electrons. The second-order valence-electron chi connectivity index (χ2n) is 2.46. The number of hydrogen-bond donors (Lipinski definition) is 0. The molecule has 0 saturated heterocycles. The van der Waals surface area contributed by atoms with E-state index in [1.54, 1.807) is 14.1 Å². The minimum atomic E-state index is -2.98. The normalized spacial score (nSPS) is 10.4. The second kappa shape index (κ2) is 4.32. The van der Waals surface area contributed by atoms with Crippen LogP contribution in [0.25, 0.3) is 0 Å². The molecule has 1 aromatic rings. The van der Waals surface area contributed by atoms with E-state index < -0.39 is 12.6 Å². The maximum Gasteiger partial charge on any atom is 0.389 e. The molecule has 0 aliphatic heterocycles. The summed E-state index contributed by atoms with van der Waals surface area (Å²) in [5.74, 6) is 0.153. The molecule has 0 atom stereocenters. The predicted octanol–water partition coefficient (Wildman–Crippen LogP) is 1.19. The first-order valence-electron chi connectivity index (χ1n) is 3.52. The van der Waals surface area contributed by atoms with E-state index in [0.717, 1.165) is 0 Å². The van der Waals surface area contributed by atoms with Crippen molar-refractivity contribution in [2.24, 2.45) is 0 Å². The van der Waals surface area contributed by atoms with Crippen molar-refractivity contribution in [3.63, 3.8) is 0 Å². The molecular formula is C6H7ClF2N4O. The van der Waals surface area contributed by atoms with Crippen LogP contribution in [0.4, 0.5) is 14.7 Å². The minimum Gasteiger partial charge on any atom is -0.401 e. The van der Waals surface area contributed by atoms with Gasteiger partial charge >= 0.3 is 12.6 Å². The summed E-state index contributed by atoms with van der Waals surface area (Å²) in [5.41, 5.74) is 0. The molecule has 0 bridgehead atoms. The van der Waals surface area contributed by atoms with E-state index in [1.165, 1.54) is 4.90 Å². The average Bonchev–Trinajstić information content (AvgIpc) is 2.01. The zero-order chi connectivity index (χ0) is 10.7. The lowest BCUT2D eigenvalue weighted by molar-refractivity contribution is -0.0561. The molecule has 1 aromatic heterocycles. The van der Waals surface area contributed by atoms with Gasteiger partial charge in [-0.25, -0.2) is 0 Å². The summed E-state index contributed by atoms with van der Waals surface area (Å²) in [6, 6.07) is -0.497. The topological polar surface area (TPSA) is 51.1 Å². The van der Waals surface area contributed by atoms with E-state index in [-0.39, 0.29) is 11.2 Å². The van der Waals surface area contributed by atoms with Gasteiger partial charge in [-0.1, -0.05) is 0 Å². The molecule has 8 heteroatoms. The number of anilines is 1. The zero-order valence-corrected chi connectivity index (χ0v) is 8.16. The SMILES string of the molecule is CN(C)c1nc(Cl)nc(OC(F)F)n1. The Bertz CT molecular complexity index is 323. The third-order valence-electron chi connectivity index (χ3n) is 1.17. The molecule has 0 N–H and O–H groups in total. The third-order valence-corrected chi connectivity index (χ3v) is 1.34. The van der Waals surface area contributed by atoms with Gasteiger partial charge in [-0.15, -0.1) is 0 Å². The molecule has 1 heterocycles. The molecule has 0 radical (unpaired) electrons. The van der Waals surface area contributed by atoms with Crippen molar-refractivity contribution in [3.05, 3.63) is 5.28 Å². The van der Waals surface area contributed by atoms with Crippen molar-refractivity contribution in [1.29, 1.82) is 0 Å². The van der Waals surface area contributed by atoms with E-state index in [1.807, 2.05) is 0 Å². The van der Waals surface area contributed by atoms with Crippen molar-refractivity contribution in [3.8, 4) is 6.01 Å². The summed E-state index contributed by atoms with van der Waals surface area (Å²) in [6.45, 7) is -2.98. The van der Waals surface area contributed by atoms with E-state index >= 15 is 0 Å². The molecule has 1 rings (SSSR count). The monoisotopic (exact) mass is 224 g/mol. The van der Waals surface area contributed by atoms with E-state index in [0.29, 0.717) is 0 Å². The van der Waals surface area contributed by atoms with Crippen LogP contribution in [0, 0.1) is 0 Å². The summed E-state index contributed by atoms with van der Waals surface area (Å²) in [5, 5.41) is -0.195. The lowest BCUT2D eigenvalue weighted by atomic mass is 10.8. The highest BCUT2D eigenvalue weighted by atomic mass is 35.5. The molecule has 0 spiro atoms. The van der Waals surface area contributed by atoms with Gasteiger partial charge < -0.3 is 9.64 Å². The summed E-state index contributed by atoms with van der Waals surface area (Å²) < 4.78 is 27.6. The van der Waals surface area contributed by atoms with Gasteiger partial charge in [0.15, 0.2) is 0 Å². The number of alkyl halides is 2. The molecule has 0 aliphatic rings. The van der Waals surface area contributed by atoms with Crippen LogP contribution < -0.4 is 9.64 Å². The maximum absolute atomic E-state index is 11.8. The number of ether oxygens (including phenoxy) is 1. The van der Waals surface area contributed by atoms with Crippen LogP contribution in [-0.4, -0.2) is 35.7 Å². The highest BCUT2D eigenvalue weighted by Gasteiger charge is 2.11. The third kappa shape index (κ3) is 2.91. The highest BCUT2D eigenvalue weighted by Crippen LogP contribution is 2.14. The zero-order valence-electron chi connectivity index (χ0n) is 7.41. The Balaban J connectivity index is 2.95. The van der Waals surface area contributed by atoms with Crippen LogP contribution in [0.2, 0.25) is 5.28 Å². The summed E-state index contributed by atoms with van der Waals surface area (Å²) in [4.78, 5) is 12.1. The van der Waals surface area contributed by atoms with Gasteiger partial charge in [-0.2, -0.15) is 23.7 Å². The molecule has 0 amide bonds. The number of halogens is 3. The first-order valence-corrected chi connectivity index (χ1v) is 3.90. The summed E-state index contributed by atoms with van der Waals surface area (Å²) in [7, 11) is 3.27. The maximum atomic E-state index is 11.8. The van der Waals surface area contributed by atoms with Crippen LogP contribution in [0.1, 0.15) is 0 Å². The standard InChI is InChI=1S/C6H7ClF2N4O/c1-13(2)5-10-3(7)11-6(12-5)14-4(8)9/h4H,1-2H3. The Morgan fingerprint density at radius 1 is 1.29 bits per heavy atom. The van der Waals surface area contributed by atoms with Gasteiger partial charge in [0.05, 0.1) is 0 Å². The Labute approximate surface area is 83.7 Å². The minimum absolute atomic E-state index is 0.153. The van der Waals surface area contributed by atoms with E-state index in [4.69, 9.17) is 11.6 Å². The van der Waals surface area contributed by atoms with Crippen molar-refractivity contribution in [1.82, 2.24) is 15.0 Å². The van der Waals surface area contributed by atoms with Gasteiger partial charge in [0, 0.05) is 14.1 Å². The smallest absolute Gasteiger partial charge is 0.389 e. The van der Waals surface area contributed by atoms with Gasteiger partial charge in [0.2, 0.25) is 11.2 Å². The van der Waals surface area contributed by atoms with Gasteiger partial charge in [-0.3, -0.25) is 0 Å². The molecule has 0 fully saturated rings. The molecule has 0 unspecified atom stereocenters. The first kappa shape index (κ1) is 10.8. The molecular weight excluding hydrogens is 218 g/mol. The van der Waals surface area contributed by atoms with Crippen LogP contribution in [0.15, 0.2) is 0 Å². The number of hydrogen-bond acceptors (Lipinski definition) is 5. The number of aromatic nitrogens is 3. The molecule has 0 saturated carbocycles. The first-order chi connectivity index (χ1) is 6.49. The Kier molecular flexibility index (Phi) is 3.34. The summed E-state index contributed by atoms with van der Waals surface area (Å²) in [6.07, 6.45) is 0.